The van der Waals surface area contributed by atoms with Gasteiger partial charge >= 0.3 is 0 Å². The Morgan fingerprint density at radius 2 is 2.10 bits per heavy atom. The Balaban J connectivity index is 1.62. The zero-order chi connectivity index (χ0) is 22.0. The molecule has 10 heteroatoms. The molecule has 1 aliphatic rings. The Labute approximate surface area is 180 Å². The van der Waals surface area contributed by atoms with Gasteiger partial charge in [0.2, 0.25) is 11.9 Å². The van der Waals surface area contributed by atoms with E-state index in [1.54, 1.807) is 4.90 Å². The molecule has 4 rings (SSSR count). The number of rotatable bonds is 6. The summed E-state index contributed by atoms with van der Waals surface area (Å²) in [4.78, 5) is 31.2. The molecular formula is C21H19F2N5O2S. The average molecular weight is 443 g/mol. The Bertz CT molecular complexity index is 1170. The number of para-hydroxylation sites is 2. The minimum atomic E-state index is -2.63. The predicted octanol–water partition coefficient (Wildman–Crippen LogP) is 4.19. The second kappa shape index (κ2) is 8.81. The van der Waals surface area contributed by atoms with Crippen LogP contribution < -0.4 is 5.32 Å². The lowest BCUT2D eigenvalue weighted by Crippen LogP contribution is -2.38. The minimum Gasteiger partial charge on any atom is -0.337 e. The van der Waals surface area contributed by atoms with Crippen LogP contribution in [0, 0.1) is 11.3 Å². The smallest absolute Gasteiger partial charge is 0.272 e. The van der Waals surface area contributed by atoms with Crippen molar-refractivity contribution in [1.82, 2.24) is 14.5 Å². The van der Waals surface area contributed by atoms with Gasteiger partial charge in [-0.1, -0.05) is 12.1 Å². The molecule has 1 fully saturated rings. The number of carbonyl (C=O) groups excluding carboxylic acids is 2. The SMILES string of the molecule is N#CCC(=O)N1CCC[C@@H]1Cn1c(NC(=O)c2ccc(C(F)F)s2)nc2ccccc21. The summed E-state index contributed by atoms with van der Waals surface area (Å²) < 4.78 is 27.6. The second-order valence-electron chi connectivity index (χ2n) is 7.21. The van der Waals surface area contributed by atoms with Crippen molar-refractivity contribution >= 4 is 40.1 Å². The number of thiophene rings is 1. The number of fused-ring (bicyclic) bond motifs is 1. The van der Waals surface area contributed by atoms with E-state index in [-0.39, 0.29) is 34.1 Å². The van der Waals surface area contributed by atoms with Gasteiger partial charge in [0.25, 0.3) is 12.3 Å². The van der Waals surface area contributed by atoms with E-state index in [9.17, 15) is 18.4 Å². The Hall–Kier alpha value is -3.32. The first-order chi connectivity index (χ1) is 15.0. The molecule has 2 amide bonds. The highest BCUT2D eigenvalue weighted by molar-refractivity contribution is 7.14. The monoisotopic (exact) mass is 443 g/mol. The quantitative estimate of drug-likeness (QED) is 0.618. The summed E-state index contributed by atoms with van der Waals surface area (Å²) in [6, 6.07) is 11.8. The van der Waals surface area contributed by atoms with E-state index >= 15 is 0 Å². The molecule has 2 aromatic heterocycles. The number of imidazole rings is 1. The third kappa shape index (κ3) is 4.27. The number of amides is 2. The van der Waals surface area contributed by atoms with Gasteiger partial charge in [-0.3, -0.25) is 14.9 Å². The van der Waals surface area contributed by atoms with Gasteiger partial charge in [0, 0.05) is 19.1 Å². The van der Waals surface area contributed by atoms with E-state index < -0.39 is 12.3 Å². The number of benzene rings is 1. The zero-order valence-electron chi connectivity index (χ0n) is 16.4. The summed E-state index contributed by atoms with van der Waals surface area (Å²) in [5, 5.41) is 11.6. The lowest BCUT2D eigenvalue weighted by atomic mass is 10.2. The molecular weight excluding hydrogens is 424 g/mol. The highest BCUT2D eigenvalue weighted by Crippen LogP contribution is 2.29. The number of likely N-dealkylation sites (tertiary alicyclic amines) is 1. The largest absolute Gasteiger partial charge is 0.337 e. The van der Waals surface area contributed by atoms with E-state index in [1.165, 1.54) is 12.1 Å². The van der Waals surface area contributed by atoms with Gasteiger partial charge in [0.05, 0.1) is 26.9 Å². The summed E-state index contributed by atoms with van der Waals surface area (Å²) in [5.74, 6) is -0.437. The van der Waals surface area contributed by atoms with Gasteiger partial charge < -0.3 is 9.47 Å². The van der Waals surface area contributed by atoms with Gasteiger partial charge in [-0.2, -0.15) is 5.26 Å². The predicted molar refractivity (Wildman–Crippen MR) is 112 cm³/mol. The van der Waals surface area contributed by atoms with Crippen molar-refractivity contribution in [2.24, 2.45) is 0 Å². The van der Waals surface area contributed by atoms with Gasteiger partial charge in [-0.15, -0.1) is 11.3 Å². The summed E-state index contributed by atoms with van der Waals surface area (Å²) in [5.41, 5.74) is 1.46. The van der Waals surface area contributed by atoms with Crippen LogP contribution in [0.25, 0.3) is 11.0 Å². The van der Waals surface area contributed by atoms with Gasteiger partial charge in [0.15, 0.2) is 0 Å². The number of nitriles is 1. The highest BCUT2D eigenvalue weighted by atomic mass is 32.1. The fraction of sp³-hybridized carbons (Fsp3) is 0.333. The van der Waals surface area contributed by atoms with Crippen molar-refractivity contribution in [3.8, 4) is 6.07 Å². The molecule has 0 radical (unpaired) electrons. The first kappa shape index (κ1) is 20.9. The number of hydrogen-bond acceptors (Lipinski definition) is 5. The van der Waals surface area contributed by atoms with Crippen LogP contribution in [0.2, 0.25) is 0 Å². The normalized spacial score (nSPS) is 16.1. The first-order valence-electron chi connectivity index (χ1n) is 9.79. The number of carbonyl (C=O) groups is 2. The van der Waals surface area contributed by atoms with Crippen molar-refractivity contribution in [2.45, 2.75) is 38.3 Å². The fourth-order valence-corrected chi connectivity index (χ4v) is 4.60. The number of nitrogens with one attached hydrogen (secondary N) is 1. The van der Waals surface area contributed by atoms with Gasteiger partial charge in [-0.05, 0) is 37.1 Å². The zero-order valence-corrected chi connectivity index (χ0v) is 17.2. The summed E-state index contributed by atoms with van der Waals surface area (Å²) >= 11 is 0.741. The maximum atomic E-state index is 12.9. The summed E-state index contributed by atoms with van der Waals surface area (Å²) in [6.45, 7) is 0.991. The van der Waals surface area contributed by atoms with E-state index in [0.717, 1.165) is 29.7 Å². The molecule has 160 valence electrons. The van der Waals surface area contributed by atoms with Crippen molar-refractivity contribution in [2.75, 3.05) is 11.9 Å². The number of anilines is 1. The molecule has 3 aromatic rings. The first-order valence-corrected chi connectivity index (χ1v) is 10.6. The molecule has 1 aromatic carbocycles. The number of halogens is 2. The maximum absolute atomic E-state index is 12.9. The number of hydrogen-bond donors (Lipinski definition) is 1. The van der Waals surface area contributed by atoms with E-state index in [1.807, 2.05) is 34.9 Å². The number of aromatic nitrogens is 2. The molecule has 0 spiro atoms. The standard InChI is InChI=1S/C21H19F2N5O2S/c22-19(23)16-7-8-17(31-16)20(30)26-21-25-14-5-1-2-6-15(14)28(21)12-13-4-3-11-27(13)18(29)9-10-24/h1-2,5-8,13,19H,3-4,9,11-12H2,(H,25,26,30)/t13-/m1/s1. The van der Waals surface area contributed by atoms with Crippen LogP contribution in [0.4, 0.5) is 14.7 Å². The van der Waals surface area contributed by atoms with E-state index in [2.05, 4.69) is 10.3 Å². The molecule has 7 nitrogen and oxygen atoms in total. The molecule has 1 saturated heterocycles. The molecule has 0 unspecified atom stereocenters. The van der Waals surface area contributed by atoms with Crippen LogP contribution >= 0.6 is 11.3 Å². The Morgan fingerprint density at radius 3 is 2.84 bits per heavy atom. The molecule has 0 saturated carbocycles. The van der Waals surface area contributed by atoms with Crippen LogP contribution in [0.1, 0.15) is 40.2 Å². The van der Waals surface area contributed by atoms with Crippen LogP contribution in [-0.4, -0.2) is 38.9 Å². The van der Waals surface area contributed by atoms with Gasteiger partial charge in [0.1, 0.15) is 6.42 Å². The second-order valence-corrected chi connectivity index (χ2v) is 8.32. The maximum Gasteiger partial charge on any atom is 0.272 e. The fourth-order valence-electron chi connectivity index (χ4n) is 3.84. The molecule has 3 heterocycles. The minimum absolute atomic E-state index is 0.124. The number of alkyl halides is 2. The third-order valence-electron chi connectivity index (χ3n) is 5.27. The molecule has 1 aliphatic heterocycles. The van der Waals surface area contributed by atoms with Crippen LogP contribution in [0.3, 0.4) is 0 Å². The van der Waals surface area contributed by atoms with E-state index in [4.69, 9.17) is 5.26 Å². The lowest BCUT2D eigenvalue weighted by Gasteiger charge is -2.25. The molecule has 0 aliphatic carbocycles. The third-order valence-corrected chi connectivity index (χ3v) is 6.36. The van der Waals surface area contributed by atoms with Crippen LogP contribution in [0.5, 0.6) is 0 Å². The summed E-state index contributed by atoms with van der Waals surface area (Å²) in [6.07, 6.45) is -1.19. The van der Waals surface area contributed by atoms with Crippen LogP contribution in [0.15, 0.2) is 36.4 Å². The number of nitrogens with zero attached hydrogens (tertiary/aromatic N) is 4. The average Bonchev–Trinajstić information content (AvgIpc) is 3.48. The molecule has 1 atom stereocenters. The van der Waals surface area contributed by atoms with Crippen molar-refractivity contribution in [1.29, 1.82) is 5.26 Å². The van der Waals surface area contributed by atoms with Crippen molar-refractivity contribution in [3.63, 3.8) is 0 Å². The topological polar surface area (TPSA) is 91.0 Å². The lowest BCUT2D eigenvalue weighted by molar-refractivity contribution is -0.131. The van der Waals surface area contributed by atoms with Gasteiger partial charge in [-0.25, -0.2) is 13.8 Å². The van der Waals surface area contributed by atoms with Crippen molar-refractivity contribution < 1.29 is 18.4 Å². The Morgan fingerprint density at radius 1 is 1.29 bits per heavy atom. The van der Waals surface area contributed by atoms with E-state index in [0.29, 0.717) is 18.6 Å². The molecule has 31 heavy (non-hydrogen) atoms. The molecule has 0 bridgehead atoms. The van der Waals surface area contributed by atoms with Crippen LogP contribution in [-0.2, 0) is 11.3 Å². The Kier molecular flexibility index (Phi) is 5.95. The summed E-state index contributed by atoms with van der Waals surface area (Å²) in [7, 11) is 0. The molecule has 1 N–H and O–H groups in total. The van der Waals surface area contributed by atoms with Crippen molar-refractivity contribution in [3.05, 3.63) is 46.2 Å². The highest BCUT2D eigenvalue weighted by Gasteiger charge is 2.30.